The van der Waals surface area contributed by atoms with E-state index in [2.05, 4.69) is 10.6 Å². The minimum absolute atomic E-state index is 0.0242. The lowest BCUT2D eigenvalue weighted by molar-refractivity contribution is -0.165. The number of benzene rings is 2. The maximum Gasteiger partial charge on any atom is 0.408 e. The van der Waals surface area contributed by atoms with Gasteiger partial charge in [-0.05, 0) is 70.5 Å². The van der Waals surface area contributed by atoms with Gasteiger partial charge >= 0.3 is 12.1 Å². The Balaban J connectivity index is 1.75. The molecule has 0 saturated carbocycles. The summed E-state index contributed by atoms with van der Waals surface area (Å²) in [6.45, 7) is 5.84. The first-order valence-electron chi connectivity index (χ1n) is 14.7. The third-order valence-electron chi connectivity index (χ3n) is 6.99. The Morgan fingerprint density at radius 2 is 1.63 bits per heavy atom. The molecule has 43 heavy (non-hydrogen) atoms. The van der Waals surface area contributed by atoms with E-state index in [1.807, 2.05) is 60.7 Å². The van der Waals surface area contributed by atoms with Gasteiger partial charge in [-0.15, -0.1) is 0 Å². The number of alkyl carbamates (subject to hydrolysis) is 1. The van der Waals surface area contributed by atoms with Crippen molar-refractivity contribution in [3.8, 4) is 0 Å². The topological polar surface area (TPSA) is 160 Å². The SMILES string of the molecule is CC(C)(C)OC(=O)[C@@H]1CCCN1C(=O)[C@@H](O)[C@H](Cc1ccccc1)NC(=O)[C@H](CCCN)NC(=O)OCc1ccccc1. The van der Waals surface area contributed by atoms with Gasteiger partial charge in [0, 0.05) is 6.54 Å². The van der Waals surface area contributed by atoms with Gasteiger partial charge in [-0.3, -0.25) is 9.59 Å². The lowest BCUT2D eigenvalue weighted by Gasteiger charge is -2.32. The predicted octanol–water partition coefficient (Wildman–Crippen LogP) is 2.44. The molecule has 0 radical (unpaired) electrons. The Kier molecular flexibility index (Phi) is 12.5. The maximum atomic E-state index is 13.6. The number of carbonyl (C=O) groups is 4. The van der Waals surface area contributed by atoms with Gasteiger partial charge in [-0.2, -0.15) is 0 Å². The fourth-order valence-corrected chi connectivity index (χ4v) is 4.88. The molecule has 1 saturated heterocycles. The van der Waals surface area contributed by atoms with Gasteiger partial charge in [-0.25, -0.2) is 9.59 Å². The van der Waals surface area contributed by atoms with Crippen LogP contribution in [0.3, 0.4) is 0 Å². The Morgan fingerprint density at radius 3 is 2.23 bits per heavy atom. The van der Waals surface area contributed by atoms with Crippen LogP contribution in [0.4, 0.5) is 4.79 Å². The minimum Gasteiger partial charge on any atom is -0.458 e. The number of nitrogens with one attached hydrogen (secondary N) is 2. The van der Waals surface area contributed by atoms with Crippen LogP contribution in [0.15, 0.2) is 60.7 Å². The van der Waals surface area contributed by atoms with Crippen molar-refractivity contribution in [2.45, 2.75) is 89.3 Å². The monoisotopic (exact) mass is 596 g/mol. The number of aliphatic hydroxyl groups is 1. The number of carbonyl (C=O) groups excluding carboxylic acids is 4. The van der Waals surface area contributed by atoms with E-state index in [1.165, 1.54) is 4.90 Å². The Hall–Kier alpha value is -3.96. The van der Waals surface area contributed by atoms with Crippen molar-refractivity contribution in [1.82, 2.24) is 15.5 Å². The van der Waals surface area contributed by atoms with Gasteiger partial charge in [0.25, 0.3) is 5.91 Å². The number of amides is 3. The summed E-state index contributed by atoms with van der Waals surface area (Å²) < 4.78 is 10.8. The van der Waals surface area contributed by atoms with Crippen LogP contribution in [-0.4, -0.2) is 76.8 Å². The van der Waals surface area contributed by atoms with Gasteiger partial charge in [0.2, 0.25) is 5.91 Å². The number of ether oxygens (including phenoxy) is 2. The second-order valence-electron chi connectivity index (χ2n) is 11.7. The number of nitrogens with two attached hydrogens (primary N) is 1. The highest BCUT2D eigenvalue weighted by atomic mass is 16.6. The zero-order valence-corrected chi connectivity index (χ0v) is 25.2. The molecule has 1 aliphatic heterocycles. The highest BCUT2D eigenvalue weighted by Crippen LogP contribution is 2.23. The van der Waals surface area contributed by atoms with E-state index in [0.717, 1.165) is 11.1 Å². The second kappa shape index (κ2) is 16.0. The molecule has 0 bridgehead atoms. The molecule has 0 spiro atoms. The lowest BCUT2D eigenvalue weighted by Crippen LogP contribution is -2.58. The minimum atomic E-state index is -1.66. The third kappa shape index (κ3) is 10.7. The van der Waals surface area contributed by atoms with Crippen LogP contribution in [0.2, 0.25) is 0 Å². The summed E-state index contributed by atoms with van der Waals surface area (Å²) in [5.41, 5.74) is 6.51. The Bertz CT molecular complexity index is 1200. The van der Waals surface area contributed by atoms with Crippen molar-refractivity contribution >= 4 is 23.9 Å². The first kappa shape index (κ1) is 33.5. The molecule has 0 aliphatic carbocycles. The number of nitrogens with zero attached hydrogens (tertiary/aromatic N) is 1. The van der Waals surface area contributed by atoms with Crippen LogP contribution < -0.4 is 16.4 Å². The van der Waals surface area contributed by atoms with Gasteiger partial charge in [0.05, 0.1) is 6.04 Å². The van der Waals surface area contributed by atoms with Crippen LogP contribution in [0, 0.1) is 0 Å². The van der Waals surface area contributed by atoms with E-state index in [0.29, 0.717) is 25.8 Å². The van der Waals surface area contributed by atoms with Crippen LogP contribution in [0.25, 0.3) is 0 Å². The first-order valence-corrected chi connectivity index (χ1v) is 14.7. The number of esters is 1. The molecule has 1 aliphatic rings. The van der Waals surface area contributed by atoms with E-state index in [4.69, 9.17) is 15.2 Å². The van der Waals surface area contributed by atoms with Crippen molar-refractivity contribution in [3.63, 3.8) is 0 Å². The summed E-state index contributed by atoms with van der Waals surface area (Å²) in [7, 11) is 0. The van der Waals surface area contributed by atoms with Crippen molar-refractivity contribution in [2.24, 2.45) is 5.73 Å². The number of hydrogen-bond acceptors (Lipinski definition) is 8. The molecule has 0 aromatic heterocycles. The number of hydrogen-bond donors (Lipinski definition) is 4. The fraction of sp³-hybridized carbons (Fsp3) is 0.500. The average molecular weight is 597 g/mol. The molecular weight excluding hydrogens is 552 g/mol. The van der Waals surface area contributed by atoms with E-state index < -0.39 is 53.7 Å². The second-order valence-corrected chi connectivity index (χ2v) is 11.7. The summed E-state index contributed by atoms with van der Waals surface area (Å²) in [6, 6.07) is 15.3. The van der Waals surface area contributed by atoms with Crippen molar-refractivity contribution < 1.29 is 33.8 Å². The van der Waals surface area contributed by atoms with Gasteiger partial charge in [0.15, 0.2) is 6.10 Å². The molecule has 5 N–H and O–H groups in total. The predicted molar refractivity (Wildman–Crippen MR) is 161 cm³/mol. The van der Waals surface area contributed by atoms with Crippen LogP contribution in [0.5, 0.6) is 0 Å². The number of likely N-dealkylation sites (tertiary alicyclic amines) is 1. The first-order chi connectivity index (χ1) is 20.5. The van der Waals surface area contributed by atoms with Crippen LogP contribution >= 0.6 is 0 Å². The van der Waals surface area contributed by atoms with Gasteiger partial charge in [0.1, 0.15) is 24.3 Å². The quantitative estimate of drug-likeness (QED) is 0.257. The summed E-state index contributed by atoms with van der Waals surface area (Å²) in [5, 5.41) is 16.7. The van der Waals surface area contributed by atoms with E-state index in [1.54, 1.807) is 20.8 Å². The van der Waals surface area contributed by atoms with Crippen LogP contribution in [0.1, 0.15) is 57.6 Å². The Labute approximate surface area is 253 Å². The molecule has 3 amide bonds. The zero-order chi connectivity index (χ0) is 31.4. The third-order valence-corrected chi connectivity index (χ3v) is 6.99. The molecule has 2 aromatic carbocycles. The van der Waals surface area contributed by atoms with Crippen molar-refractivity contribution in [1.29, 1.82) is 0 Å². The fourth-order valence-electron chi connectivity index (χ4n) is 4.88. The smallest absolute Gasteiger partial charge is 0.408 e. The molecule has 2 aromatic rings. The van der Waals surface area contributed by atoms with Crippen molar-refractivity contribution in [2.75, 3.05) is 13.1 Å². The summed E-state index contributed by atoms with van der Waals surface area (Å²) in [4.78, 5) is 53.9. The molecule has 0 unspecified atom stereocenters. The van der Waals surface area contributed by atoms with Crippen molar-refractivity contribution in [3.05, 3.63) is 71.8 Å². The summed E-state index contributed by atoms with van der Waals surface area (Å²) in [5.74, 6) is -1.81. The van der Waals surface area contributed by atoms with Gasteiger partial charge < -0.3 is 35.8 Å². The standard InChI is InChI=1S/C32H44N4O7/c1-32(2,3)43-30(40)26-17-11-19-36(26)29(39)27(37)25(20-22-12-6-4-7-13-22)34-28(38)24(16-10-18-33)35-31(41)42-21-23-14-8-5-9-15-23/h4-9,12-15,24-27,37H,10-11,16-21,33H2,1-3H3,(H,34,38)(H,35,41)/t24-,25-,26-,27-/m0/s1. The normalized spacial score (nSPS) is 17.0. The van der Waals surface area contributed by atoms with E-state index in [9.17, 15) is 24.3 Å². The number of rotatable bonds is 13. The maximum absolute atomic E-state index is 13.6. The molecule has 3 rings (SSSR count). The molecule has 1 heterocycles. The highest BCUT2D eigenvalue weighted by Gasteiger charge is 2.41. The highest BCUT2D eigenvalue weighted by molar-refractivity contribution is 5.90. The summed E-state index contributed by atoms with van der Waals surface area (Å²) >= 11 is 0. The molecule has 1 fully saturated rings. The molecule has 4 atom stereocenters. The lowest BCUT2D eigenvalue weighted by atomic mass is 9.99. The molecule has 11 nitrogen and oxygen atoms in total. The molecule has 234 valence electrons. The van der Waals surface area contributed by atoms with Gasteiger partial charge in [-0.1, -0.05) is 60.7 Å². The average Bonchev–Trinajstić information content (AvgIpc) is 3.48. The van der Waals surface area contributed by atoms with E-state index >= 15 is 0 Å². The summed E-state index contributed by atoms with van der Waals surface area (Å²) in [6.07, 6.45) is -0.660. The van der Waals surface area contributed by atoms with Crippen LogP contribution in [-0.2, 0) is 36.9 Å². The molecule has 11 heteroatoms. The van der Waals surface area contributed by atoms with E-state index in [-0.39, 0.29) is 26.0 Å². The number of aliphatic hydroxyl groups excluding tert-OH is 1. The largest absolute Gasteiger partial charge is 0.458 e. The zero-order valence-electron chi connectivity index (χ0n) is 25.2. The Morgan fingerprint density at radius 1 is 1.00 bits per heavy atom. The molecular formula is C32H44N4O7.